The fraction of sp³-hybridized carbons (Fsp3) is 0.909. The third-order valence-corrected chi connectivity index (χ3v) is 2.35. The molecule has 0 N–H and O–H groups in total. The molecule has 0 atom stereocenters. The maximum absolute atomic E-state index is 11.8. The van der Waals surface area contributed by atoms with Gasteiger partial charge in [0.25, 0.3) is 0 Å². The van der Waals surface area contributed by atoms with E-state index in [-0.39, 0.29) is 6.03 Å². The molecule has 0 radical (unpaired) electrons. The Bertz CT molecular complexity index is 181. The van der Waals surface area contributed by atoms with Crippen LogP contribution in [-0.2, 0) is 0 Å². The second-order valence-corrected chi connectivity index (χ2v) is 4.96. The summed E-state index contributed by atoms with van der Waals surface area (Å²) in [6, 6.07) is 0.229. The van der Waals surface area contributed by atoms with Crippen LogP contribution in [0.25, 0.3) is 0 Å². The van der Waals surface area contributed by atoms with Crippen molar-refractivity contribution in [3.05, 3.63) is 0 Å². The minimum Gasteiger partial charge on any atom is -0.323 e. The first-order chi connectivity index (χ1) is 6.50. The molecule has 0 saturated carbocycles. The largest absolute Gasteiger partial charge is 0.323 e. The van der Waals surface area contributed by atoms with Gasteiger partial charge in [0.2, 0.25) is 0 Å². The first-order valence-electron chi connectivity index (χ1n) is 5.54. The summed E-state index contributed by atoms with van der Waals surface area (Å²) in [4.78, 5) is 15.8. The van der Waals surface area contributed by atoms with Crippen LogP contribution in [0.1, 0.15) is 27.7 Å². The lowest BCUT2D eigenvalue weighted by molar-refractivity contribution is 0.184. The van der Waals surface area contributed by atoms with Crippen molar-refractivity contribution in [3.63, 3.8) is 0 Å². The molecule has 0 bridgehead atoms. The Labute approximate surface area is 87.1 Å². The van der Waals surface area contributed by atoms with E-state index in [1.165, 1.54) is 0 Å². The van der Waals surface area contributed by atoms with Crippen molar-refractivity contribution in [1.29, 1.82) is 0 Å². The van der Waals surface area contributed by atoms with E-state index >= 15 is 0 Å². The van der Waals surface area contributed by atoms with E-state index in [4.69, 9.17) is 0 Å². The number of rotatable bonds is 4. The summed E-state index contributed by atoms with van der Waals surface area (Å²) in [6.07, 6.45) is 0. The van der Waals surface area contributed by atoms with Gasteiger partial charge in [-0.3, -0.25) is 0 Å². The molecule has 1 saturated heterocycles. The van der Waals surface area contributed by atoms with E-state index in [0.717, 1.165) is 26.2 Å². The Morgan fingerprint density at radius 2 is 1.36 bits per heavy atom. The van der Waals surface area contributed by atoms with Gasteiger partial charge in [-0.25, -0.2) is 4.79 Å². The molecule has 14 heavy (non-hydrogen) atoms. The van der Waals surface area contributed by atoms with Gasteiger partial charge < -0.3 is 9.80 Å². The first-order valence-corrected chi connectivity index (χ1v) is 5.54. The molecule has 1 aliphatic rings. The van der Waals surface area contributed by atoms with Crippen molar-refractivity contribution in [3.8, 4) is 0 Å². The Balaban J connectivity index is 2.43. The molecule has 0 unspecified atom stereocenters. The van der Waals surface area contributed by atoms with Crippen molar-refractivity contribution >= 4 is 6.03 Å². The average Bonchev–Trinajstić information content (AvgIpc) is 2.34. The highest BCUT2D eigenvalue weighted by atomic mass is 16.2. The average molecular weight is 198 g/mol. The number of carbonyl (C=O) groups excluding carboxylic acids is 1. The number of hydrogen-bond acceptors (Lipinski definition) is 1. The van der Waals surface area contributed by atoms with Gasteiger partial charge in [0.15, 0.2) is 0 Å². The van der Waals surface area contributed by atoms with Gasteiger partial charge in [-0.2, -0.15) is 0 Å². The molecule has 0 aromatic rings. The third kappa shape index (κ3) is 2.89. The molecule has 0 aromatic heterocycles. The number of amides is 2. The molecule has 2 amide bonds. The fourth-order valence-electron chi connectivity index (χ4n) is 1.85. The highest BCUT2D eigenvalue weighted by Crippen LogP contribution is 2.12. The Morgan fingerprint density at radius 3 is 1.64 bits per heavy atom. The Kier molecular flexibility index (Phi) is 3.78. The lowest BCUT2D eigenvalue weighted by Crippen LogP contribution is -2.35. The van der Waals surface area contributed by atoms with Crippen LogP contribution in [0, 0.1) is 11.8 Å². The summed E-state index contributed by atoms with van der Waals surface area (Å²) in [5.74, 6) is 1.14. The zero-order valence-corrected chi connectivity index (χ0v) is 9.79. The SMILES string of the molecule is CC(C)CN1CCN(CC(C)C)C1=O. The number of urea groups is 1. The molecular formula is C11H22N2O. The van der Waals surface area contributed by atoms with Crippen LogP contribution in [0.15, 0.2) is 0 Å². The summed E-state index contributed by atoms with van der Waals surface area (Å²) >= 11 is 0. The standard InChI is InChI=1S/C11H22N2O/c1-9(2)7-12-5-6-13(11(12)14)8-10(3)4/h9-10H,5-8H2,1-4H3. The lowest BCUT2D eigenvalue weighted by Gasteiger charge is -2.21. The van der Waals surface area contributed by atoms with Crippen LogP contribution in [0.5, 0.6) is 0 Å². The van der Waals surface area contributed by atoms with Gasteiger partial charge in [0.05, 0.1) is 0 Å². The highest BCUT2D eigenvalue weighted by molar-refractivity contribution is 5.76. The number of hydrogen-bond donors (Lipinski definition) is 0. The number of nitrogens with zero attached hydrogens (tertiary/aromatic N) is 2. The predicted octanol–water partition coefficient (Wildman–Crippen LogP) is 2.04. The predicted molar refractivity (Wildman–Crippen MR) is 58.2 cm³/mol. The molecule has 1 heterocycles. The monoisotopic (exact) mass is 198 g/mol. The normalized spacial score (nSPS) is 17.7. The summed E-state index contributed by atoms with van der Waals surface area (Å²) in [5, 5.41) is 0. The molecule has 3 heteroatoms. The van der Waals surface area contributed by atoms with E-state index in [1.807, 2.05) is 9.80 Å². The van der Waals surface area contributed by atoms with Gasteiger partial charge >= 0.3 is 6.03 Å². The van der Waals surface area contributed by atoms with Crippen molar-refractivity contribution in [2.45, 2.75) is 27.7 Å². The van der Waals surface area contributed by atoms with Crippen LogP contribution < -0.4 is 0 Å². The van der Waals surface area contributed by atoms with Gasteiger partial charge in [-0.1, -0.05) is 27.7 Å². The second-order valence-electron chi connectivity index (χ2n) is 4.96. The van der Waals surface area contributed by atoms with Crippen LogP contribution in [-0.4, -0.2) is 42.0 Å². The molecule has 1 aliphatic heterocycles. The summed E-state index contributed by atoms with van der Waals surface area (Å²) in [6.45, 7) is 12.2. The zero-order chi connectivity index (χ0) is 10.7. The van der Waals surface area contributed by atoms with Gasteiger partial charge in [-0.15, -0.1) is 0 Å². The smallest absolute Gasteiger partial charge is 0.320 e. The molecule has 0 aromatic carbocycles. The summed E-state index contributed by atoms with van der Waals surface area (Å²) in [7, 11) is 0. The second kappa shape index (κ2) is 4.67. The molecular weight excluding hydrogens is 176 g/mol. The van der Waals surface area contributed by atoms with Crippen LogP contribution >= 0.6 is 0 Å². The van der Waals surface area contributed by atoms with Crippen molar-refractivity contribution in [2.75, 3.05) is 26.2 Å². The molecule has 0 aliphatic carbocycles. The van der Waals surface area contributed by atoms with E-state index in [0.29, 0.717) is 11.8 Å². The van der Waals surface area contributed by atoms with Crippen LogP contribution in [0.4, 0.5) is 4.79 Å². The van der Waals surface area contributed by atoms with Gasteiger partial charge in [-0.05, 0) is 11.8 Å². The van der Waals surface area contributed by atoms with E-state index in [1.54, 1.807) is 0 Å². The van der Waals surface area contributed by atoms with Crippen molar-refractivity contribution in [2.24, 2.45) is 11.8 Å². The zero-order valence-electron chi connectivity index (χ0n) is 9.79. The van der Waals surface area contributed by atoms with E-state index in [2.05, 4.69) is 27.7 Å². The Hall–Kier alpha value is -0.730. The van der Waals surface area contributed by atoms with Crippen LogP contribution in [0.3, 0.4) is 0 Å². The van der Waals surface area contributed by atoms with E-state index in [9.17, 15) is 4.79 Å². The lowest BCUT2D eigenvalue weighted by atomic mass is 10.2. The summed E-state index contributed by atoms with van der Waals surface area (Å²) < 4.78 is 0. The minimum atomic E-state index is 0.229. The third-order valence-electron chi connectivity index (χ3n) is 2.35. The topological polar surface area (TPSA) is 23.6 Å². The van der Waals surface area contributed by atoms with E-state index < -0.39 is 0 Å². The molecule has 82 valence electrons. The molecule has 3 nitrogen and oxygen atoms in total. The molecule has 0 spiro atoms. The summed E-state index contributed by atoms with van der Waals surface area (Å²) in [5.41, 5.74) is 0. The van der Waals surface area contributed by atoms with Gasteiger partial charge in [0.1, 0.15) is 0 Å². The first kappa shape index (κ1) is 11.3. The number of carbonyl (C=O) groups is 1. The van der Waals surface area contributed by atoms with Crippen LogP contribution in [0.2, 0.25) is 0 Å². The Morgan fingerprint density at radius 1 is 1.00 bits per heavy atom. The minimum absolute atomic E-state index is 0.229. The van der Waals surface area contributed by atoms with Crippen molar-refractivity contribution < 1.29 is 4.79 Å². The maximum atomic E-state index is 11.8. The fourth-order valence-corrected chi connectivity index (χ4v) is 1.85. The maximum Gasteiger partial charge on any atom is 0.320 e. The molecule has 1 fully saturated rings. The molecule has 1 rings (SSSR count). The van der Waals surface area contributed by atoms with Crippen molar-refractivity contribution in [1.82, 2.24) is 9.80 Å². The quantitative estimate of drug-likeness (QED) is 0.678. The highest BCUT2D eigenvalue weighted by Gasteiger charge is 2.28. The van der Waals surface area contributed by atoms with Gasteiger partial charge in [0, 0.05) is 26.2 Å².